The van der Waals surface area contributed by atoms with E-state index in [2.05, 4.69) is 15.2 Å². The van der Waals surface area contributed by atoms with Crippen molar-refractivity contribution >= 4 is 21.7 Å². The van der Waals surface area contributed by atoms with E-state index in [0.717, 1.165) is 30.0 Å². The van der Waals surface area contributed by atoms with Gasteiger partial charge in [0, 0.05) is 44.8 Å². The number of aromatic nitrogens is 1. The van der Waals surface area contributed by atoms with E-state index in [4.69, 9.17) is 0 Å². The number of hydrogen-bond donors (Lipinski definition) is 1. The van der Waals surface area contributed by atoms with Gasteiger partial charge in [0.2, 0.25) is 15.9 Å². The van der Waals surface area contributed by atoms with Crippen LogP contribution in [-0.4, -0.2) is 49.8 Å². The number of aryl methyl sites for hydroxylation is 1. The summed E-state index contributed by atoms with van der Waals surface area (Å²) in [6, 6.07) is 11.0. The number of rotatable bonds is 6. The molecule has 1 aromatic heterocycles. The quantitative estimate of drug-likeness (QED) is 0.699. The average molecular weight is 471 g/mol. The Bertz CT molecular complexity index is 1020. The maximum absolute atomic E-state index is 12.9. The van der Waals surface area contributed by atoms with Crippen molar-refractivity contribution in [1.29, 1.82) is 0 Å². The molecule has 0 aliphatic carbocycles. The minimum Gasteiger partial charge on any atom is -0.357 e. The van der Waals surface area contributed by atoms with Crippen molar-refractivity contribution in [3.8, 4) is 0 Å². The van der Waals surface area contributed by atoms with Crippen LogP contribution in [0.5, 0.6) is 0 Å². The molecular formula is C25H34N4O3S. The highest BCUT2D eigenvalue weighted by Crippen LogP contribution is 2.24. The van der Waals surface area contributed by atoms with Crippen molar-refractivity contribution in [2.75, 3.05) is 31.1 Å². The topological polar surface area (TPSA) is 82.6 Å². The summed E-state index contributed by atoms with van der Waals surface area (Å²) in [5.41, 5.74) is 2.00. The van der Waals surface area contributed by atoms with Crippen LogP contribution < -0.4 is 10.2 Å². The lowest BCUT2D eigenvalue weighted by Crippen LogP contribution is -2.42. The summed E-state index contributed by atoms with van der Waals surface area (Å²) >= 11 is 0. The molecule has 2 fully saturated rings. The number of benzene rings is 1. The Labute approximate surface area is 197 Å². The highest BCUT2D eigenvalue weighted by atomic mass is 32.2. The van der Waals surface area contributed by atoms with Crippen LogP contribution >= 0.6 is 0 Å². The zero-order chi connectivity index (χ0) is 23.3. The minimum absolute atomic E-state index is 0.0148. The van der Waals surface area contributed by atoms with Crippen molar-refractivity contribution in [1.82, 2.24) is 14.6 Å². The fraction of sp³-hybridized carbons (Fsp3) is 0.520. The van der Waals surface area contributed by atoms with Crippen molar-refractivity contribution in [2.24, 2.45) is 5.92 Å². The first-order valence-electron chi connectivity index (χ1n) is 12.0. The van der Waals surface area contributed by atoms with Gasteiger partial charge in [-0.25, -0.2) is 13.4 Å². The van der Waals surface area contributed by atoms with E-state index in [1.54, 1.807) is 12.1 Å². The van der Waals surface area contributed by atoms with Crippen molar-refractivity contribution < 1.29 is 13.2 Å². The van der Waals surface area contributed by atoms with Crippen molar-refractivity contribution in [3.05, 3.63) is 53.7 Å². The molecule has 4 rings (SSSR count). The molecule has 7 nitrogen and oxygen atoms in total. The van der Waals surface area contributed by atoms with Crippen LogP contribution in [-0.2, 0) is 21.4 Å². The maximum atomic E-state index is 12.9. The molecule has 0 spiro atoms. The molecule has 0 bridgehead atoms. The van der Waals surface area contributed by atoms with Crippen molar-refractivity contribution in [3.63, 3.8) is 0 Å². The lowest BCUT2D eigenvalue weighted by atomic mass is 9.97. The number of pyridine rings is 1. The van der Waals surface area contributed by atoms with Crippen molar-refractivity contribution in [2.45, 2.75) is 56.9 Å². The summed E-state index contributed by atoms with van der Waals surface area (Å²) in [6.07, 6.45) is 7.91. The van der Waals surface area contributed by atoms with E-state index in [-0.39, 0.29) is 11.8 Å². The van der Waals surface area contributed by atoms with E-state index < -0.39 is 10.0 Å². The van der Waals surface area contributed by atoms with Gasteiger partial charge >= 0.3 is 0 Å². The SMILES string of the molecule is Cc1ccc(S(=O)(=O)N2CCC(C(=O)NCc3ccc(N4CCCCCC4)nc3)CC2)cc1. The van der Waals surface area contributed by atoms with Crippen LogP contribution in [0.2, 0.25) is 0 Å². The average Bonchev–Trinajstić information content (AvgIpc) is 3.13. The second-order valence-electron chi connectivity index (χ2n) is 9.14. The monoisotopic (exact) mass is 470 g/mol. The second-order valence-corrected chi connectivity index (χ2v) is 11.1. The minimum atomic E-state index is -3.51. The number of nitrogens with one attached hydrogen (secondary N) is 1. The number of hydrogen-bond acceptors (Lipinski definition) is 5. The van der Waals surface area contributed by atoms with E-state index in [0.29, 0.717) is 37.4 Å². The molecule has 2 aliphatic rings. The van der Waals surface area contributed by atoms with Gasteiger partial charge < -0.3 is 10.2 Å². The Hall–Kier alpha value is -2.45. The van der Waals surface area contributed by atoms with Gasteiger partial charge in [0.25, 0.3) is 0 Å². The number of sulfonamides is 1. The molecule has 2 aromatic rings. The number of amides is 1. The molecule has 1 N–H and O–H groups in total. The maximum Gasteiger partial charge on any atom is 0.243 e. The van der Waals surface area contributed by atoms with Gasteiger partial charge in [-0.15, -0.1) is 0 Å². The first-order valence-corrected chi connectivity index (χ1v) is 13.4. The van der Waals surface area contributed by atoms with Crippen LogP contribution in [0, 0.1) is 12.8 Å². The highest BCUT2D eigenvalue weighted by Gasteiger charge is 2.32. The molecule has 0 unspecified atom stereocenters. The summed E-state index contributed by atoms with van der Waals surface area (Å²) in [7, 11) is -3.51. The number of anilines is 1. The number of piperidine rings is 1. The first-order chi connectivity index (χ1) is 15.9. The van der Waals surface area contributed by atoms with Gasteiger partial charge in [0.15, 0.2) is 0 Å². The smallest absolute Gasteiger partial charge is 0.243 e. The third-order valence-corrected chi connectivity index (χ3v) is 8.60. The molecule has 2 aliphatic heterocycles. The summed E-state index contributed by atoms with van der Waals surface area (Å²) < 4.78 is 27.2. The predicted octanol–water partition coefficient (Wildman–Crippen LogP) is 3.49. The van der Waals surface area contributed by atoms with Gasteiger partial charge in [-0.3, -0.25) is 4.79 Å². The van der Waals surface area contributed by atoms with Crippen LogP contribution in [0.4, 0.5) is 5.82 Å². The predicted molar refractivity (Wildman–Crippen MR) is 129 cm³/mol. The molecule has 1 aromatic carbocycles. The molecule has 1 amide bonds. The Morgan fingerprint density at radius 3 is 2.24 bits per heavy atom. The Morgan fingerprint density at radius 1 is 0.970 bits per heavy atom. The molecule has 0 atom stereocenters. The molecular weight excluding hydrogens is 436 g/mol. The standard InChI is InChI=1S/C25H34N4O3S/c1-20-6-9-23(10-7-20)33(31,32)29-16-12-22(13-17-29)25(30)27-19-21-8-11-24(26-18-21)28-14-4-2-3-5-15-28/h6-11,18,22H,2-5,12-17,19H2,1H3,(H,27,30). The molecule has 0 radical (unpaired) electrons. The number of nitrogens with zero attached hydrogens (tertiary/aromatic N) is 3. The van der Waals surface area contributed by atoms with Gasteiger partial charge in [0.1, 0.15) is 5.82 Å². The Kier molecular flexibility index (Phi) is 7.65. The largest absolute Gasteiger partial charge is 0.357 e. The van der Waals surface area contributed by atoms with Crippen LogP contribution in [0.25, 0.3) is 0 Å². The van der Waals surface area contributed by atoms with Gasteiger partial charge in [-0.05, 0) is 56.4 Å². The lowest BCUT2D eigenvalue weighted by Gasteiger charge is -2.30. The molecule has 0 saturated carbocycles. The molecule has 2 saturated heterocycles. The molecule has 8 heteroatoms. The first kappa shape index (κ1) is 23.7. The van der Waals surface area contributed by atoms with E-state index in [1.807, 2.05) is 37.4 Å². The number of carbonyl (C=O) groups is 1. The highest BCUT2D eigenvalue weighted by molar-refractivity contribution is 7.89. The van der Waals surface area contributed by atoms with E-state index in [9.17, 15) is 13.2 Å². The van der Waals surface area contributed by atoms with Gasteiger partial charge in [-0.1, -0.05) is 36.6 Å². The van der Waals surface area contributed by atoms with Crippen LogP contribution in [0.3, 0.4) is 0 Å². The summed E-state index contributed by atoms with van der Waals surface area (Å²) in [4.78, 5) is 19.9. The summed E-state index contributed by atoms with van der Waals surface area (Å²) in [5, 5.41) is 3.01. The zero-order valence-electron chi connectivity index (χ0n) is 19.4. The molecule has 3 heterocycles. The van der Waals surface area contributed by atoms with Crippen LogP contribution in [0.1, 0.15) is 49.7 Å². The third kappa shape index (κ3) is 5.92. The van der Waals surface area contributed by atoms with Gasteiger partial charge in [-0.2, -0.15) is 4.31 Å². The lowest BCUT2D eigenvalue weighted by molar-refractivity contribution is -0.126. The zero-order valence-corrected chi connectivity index (χ0v) is 20.2. The second kappa shape index (κ2) is 10.7. The Morgan fingerprint density at radius 2 is 1.64 bits per heavy atom. The fourth-order valence-electron chi connectivity index (χ4n) is 4.56. The summed E-state index contributed by atoms with van der Waals surface area (Å²) in [5.74, 6) is 0.826. The normalized spacial score (nSPS) is 18.6. The number of carbonyl (C=O) groups excluding carboxylic acids is 1. The van der Waals surface area contributed by atoms with Crippen LogP contribution in [0.15, 0.2) is 47.5 Å². The van der Waals surface area contributed by atoms with Gasteiger partial charge in [0.05, 0.1) is 4.90 Å². The molecule has 33 heavy (non-hydrogen) atoms. The molecule has 178 valence electrons. The fourth-order valence-corrected chi connectivity index (χ4v) is 6.03. The third-order valence-electron chi connectivity index (χ3n) is 6.69. The van der Waals surface area contributed by atoms with E-state index in [1.165, 1.54) is 30.0 Å². The summed E-state index contributed by atoms with van der Waals surface area (Å²) in [6.45, 7) is 5.21. The Balaban J connectivity index is 1.26. The van der Waals surface area contributed by atoms with E-state index >= 15 is 0 Å².